The lowest BCUT2D eigenvalue weighted by Crippen LogP contribution is -2.26. The molecule has 1 amide bonds. The monoisotopic (exact) mass is 214 g/mol. The summed E-state index contributed by atoms with van der Waals surface area (Å²) in [5.41, 5.74) is 0. The number of nitrogens with zero attached hydrogens (tertiary/aromatic N) is 2. The third-order valence-electron chi connectivity index (χ3n) is 1.65. The van der Waals surface area contributed by atoms with Gasteiger partial charge in [0.25, 0.3) is 5.91 Å². The molecule has 5 nitrogen and oxygen atoms in total. The Morgan fingerprint density at radius 1 is 1.57 bits per heavy atom. The van der Waals surface area contributed by atoms with E-state index in [1.165, 1.54) is 6.20 Å². The third kappa shape index (κ3) is 3.80. The van der Waals surface area contributed by atoms with E-state index < -0.39 is 0 Å². The fourth-order valence-corrected chi connectivity index (χ4v) is 1.38. The van der Waals surface area contributed by atoms with Gasteiger partial charge in [0.2, 0.25) is 0 Å². The topological polar surface area (TPSA) is 66.9 Å². The first kappa shape index (κ1) is 11.1. The van der Waals surface area contributed by atoms with E-state index in [1.807, 2.05) is 0 Å². The third-order valence-corrected chi connectivity index (χ3v) is 2.31. The van der Waals surface area contributed by atoms with Crippen molar-refractivity contribution in [2.45, 2.75) is 13.3 Å². The van der Waals surface area contributed by atoms with Crippen LogP contribution in [0.25, 0.3) is 0 Å². The smallest absolute Gasteiger partial charge is 0.264 e. The molecule has 0 aromatic carbocycles. The Kier molecular flexibility index (Phi) is 5.09. The van der Waals surface area contributed by atoms with Gasteiger partial charge in [-0.3, -0.25) is 4.79 Å². The van der Waals surface area contributed by atoms with Crippen LogP contribution in [0, 0.1) is 0 Å². The summed E-state index contributed by atoms with van der Waals surface area (Å²) in [4.78, 5) is 11.9. The van der Waals surface area contributed by atoms with Gasteiger partial charge >= 0.3 is 0 Å². The van der Waals surface area contributed by atoms with Crippen molar-refractivity contribution in [1.29, 1.82) is 0 Å². The van der Waals surface area contributed by atoms with Gasteiger partial charge in [0, 0.05) is 6.54 Å². The Labute approximate surface area is 87.1 Å². The van der Waals surface area contributed by atoms with Gasteiger partial charge in [0.15, 0.2) is 0 Å². The lowest BCUT2D eigenvalue weighted by Gasteiger charge is -2.02. The molecular formula is C8H14N4OS. The largest absolute Gasteiger partial charge is 0.351 e. The maximum Gasteiger partial charge on any atom is 0.264 e. The molecule has 1 aromatic rings. The number of amides is 1. The predicted molar refractivity (Wildman–Crippen MR) is 55.4 cm³/mol. The van der Waals surface area contributed by atoms with Crippen LogP contribution >= 0.6 is 11.5 Å². The standard InChI is InChI=1S/C8H14N4OS/c1-2-9-4-3-5-10-8(13)7-6-11-12-14-7/h6,9H,2-5H2,1H3,(H,10,13). The average molecular weight is 214 g/mol. The van der Waals surface area contributed by atoms with E-state index >= 15 is 0 Å². The molecule has 0 fully saturated rings. The van der Waals surface area contributed by atoms with Gasteiger partial charge in [-0.15, -0.1) is 5.10 Å². The number of hydrogen-bond donors (Lipinski definition) is 2. The van der Waals surface area contributed by atoms with Crippen molar-refractivity contribution in [2.75, 3.05) is 19.6 Å². The molecule has 0 aliphatic rings. The normalized spacial score (nSPS) is 10.1. The first-order valence-corrected chi connectivity index (χ1v) is 5.38. The number of carbonyl (C=O) groups excluding carboxylic acids is 1. The Balaban J connectivity index is 2.10. The van der Waals surface area contributed by atoms with E-state index in [0.29, 0.717) is 11.4 Å². The lowest BCUT2D eigenvalue weighted by atomic mass is 10.4. The van der Waals surface area contributed by atoms with Crippen LogP contribution in [0.5, 0.6) is 0 Å². The van der Waals surface area contributed by atoms with Crippen molar-refractivity contribution in [1.82, 2.24) is 20.2 Å². The molecule has 1 rings (SSSR count). The summed E-state index contributed by atoms with van der Waals surface area (Å²) in [6.07, 6.45) is 2.41. The summed E-state index contributed by atoms with van der Waals surface area (Å²) in [6.45, 7) is 4.63. The summed E-state index contributed by atoms with van der Waals surface area (Å²) in [5, 5.41) is 9.58. The Morgan fingerprint density at radius 2 is 2.43 bits per heavy atom. The molecule has 0 aliphatic heterocycles. The summed E-state index contributed by atoms with van der Waals surface area (Å²) in [7, 11) is 0. The van der Waals surface area contributed by atoms with E-state index in [4.69, 9.17) is 0 Å². The zero-order valence-corrected chi connectivity index (χ0v) is 8.93. The Bertz CT molecular complexity index is 262. The minimum atomic E-state index is -0.0866. The highest BCUT2D eigenvalue weighted by Crippen LogP contribution is 2.00. The first-order chi connectivity index (χ1) is 6.84. The molecule has 0 atom stereocenters. The molecule has 0 spiro atoms. The highest BCUT2D eigenvalue weighted by Gasteiger charge is 2.06. The molecule has 1 heterocycles. The highest BCUT2D eigenvalue weighted by molar-refractivity contribution is 7.07. The van der Waals surface area contributed by atoms with Crippen molar-refractivity contribution in [2.24, 2.45) is 0 Å². The quantitative estimate of drug-likeness (QED) is 0.667. The molecule has 0 unspecified atom stereocenters. The van der Waals surface area contributed by atoms with Crippen LogP contribution in [0.4, 0.5) is 0 Å². The summed E-state index contributed by atoms with van der Waals surface area (Å²) in [5.74, 6) is -0.0866. The number of rotatable bonds is 6. The van der Waals surface area contributed by atoms with E-state index in [9.17, 15) is 4.79 Å². The molecule has 1 aromatic heterocycles. The van der Waals surface area contributed by atoms with E-state index in [1.54, 1.807) is 0 Å². The molecule has 2 N–H and O–H groups in total. The number of nitrogens with one attached hydrogen (secondary N) is 2. The fourth-order valence-electron chi connectivity index (χ4n) is 0.946. The van der Waals surface area contributed by atoms with Crippen molar-refractivity contribution >= 4 is 17.4 Å². The maximum atomic E-state index is 11.3. The van der Waals surface area contributed by atoms with Crippen LogP contribution in [0.1, 0.15) is 23.0 Å². The van der Waals surface area contributed by atoms with Crippen molar-refractivity contribution in [3.63, 3.8) is 0 Å². The van der Waals surface area contributed by atoms with Crippen LogP contribution in [0.2, 0.25) is 0 Å². The van der Waals surface area contributed by atoms with Crippen molar-refractivity contribution < 1.29 is 4.79 Å². The van der Waals surface area contributed by atoms with Crippen LogP contribution in [0.3, 0.4) is 0 Å². The summed E-state index contributed by atoms with van der Waals surface area (Å²) < 4.78 is 3.62. The molecular weight excluding hydrogens is 200 g/mol. The SMILES string of the molecule is CCNCCCNC(=O)c1cnns1. The zero-order valence-electron chi connectivity index (χ0n) is 8.12. The highest BCUT2D eigenvalue weighted by atomic mass is 32.1. The van der Waals surface area contributed by atoms with Gasteiger partial charge in [-0.25, -0.2) is 0 Å². The van der Waals surface area contributed by atoms with Gasteiger partial charge in [-0.2, -0.15) is 0 Å². The number of hydrogen-bond acceptors (Lipinski definition) is 5. The summed E-state index contributed by atoms with van der Waals surface area (Å²) in [6, 6.07) is 0. The van der Waals surface area contributed by atoms with Gasteiger partial charge in [-0.05, 0) is 31.0 Å². The van der Waals surface area contributed by atoms with E-state index in [-0.39, 0.29) is 5.91 Å². The minimum absolute atomic E-state index is 0.0866. The van der Waals surface area contributed by atoms with Gasteiger partial charge in [0.05, 0.1) is 6.20 Å². The lowest BCUT2D eigenvalue weighted by molar-refractivity contribution is 0.0957. The second kappa shape index (κ2) is 6.44. The zero-order chi connectivity index (χ0) is 10.2. The molecule has 0 radical (unpaired) electrons. The van der Waals surface area contributed by atoms with Crippen LogP contribution in [-0.2, 0) is 0 Å². The van der Waals surface area contributed by atoms with Crippen LogP contribution < -0.4 is 10.6 Å². The molecule has 0 bridgehead atoms. The van der Waals surface area contributed by atoms with E-state index in [2.05, 4.69) is 27.1 Å². The van der Waals surface area contributed by atoms with Gasteiger partial charge < -0.3 is 10.6 Å². The molecule has 6 heteroatoms. The first-order valence-electron chi connectivity index (χ1n) is 4.61. The fraction of sp³-hybridized carbons (Fsp3) is 0.625. The van der Waals surface area contributed by atoms with Gasteiger partial charge in [0.1, 0.15) is 4.88 Å². The Morgan fingerprint density at radius 3 is 3.07 bits per heavy atom. The second-order valence-corrected chi connectivity index (χ2v) is 3.53. The Hall–Kier alpha value is -1.01. The molecule has 0 saturated heterocycles. The average Bonchev–Trinajstić information content (AvgIpc) is 2.70. The van der Waals surface area contributed by atoms with E-state index in [0.717, 1.165) is 31.0 Å². The molecule has 0 saturated carbocycles. The maximum absolute atomic E-state index is 11.3. The number of carbonyl (C=O) groups is 1. The molecule has 14 heavy (non-hydrogen) atoms. The van der Waals surface area contributed by atoms with Crippen LogP contribution in [0.15, 0.2) is 6.20 Å². The van der Waals surface area contributed by atoms with Crippen molar-refractivity contribution in [3.8, 4) is 0 Å². The second-order valence-electron chi connectivity index (χ2n) is 2.74. The predicted octanol–water partition coefficient (Wildman–Crippen LogP) is 0.267. The summed E-state index contributed by atoms with van der Waals surface area (Å²) >= 11 is 1.11. The molecule has 0 aliphatic carbocycles. The van der Waals surface area contributed by atoms with Crippen molar-refractivity contribution in [3.05, 3.63) is 11.1 Å². The van der Waals surface area contributed by atoms with Gasteiger partial charge in [-0.1, -0.05) is 11.4 Å². The number of aromatic nitrogens is 2. The minimum Gasteiger partial charge on any atom is -0.351 e. The molecule has 78 valence electrons. The van der Waals surface area contributed by atoms with Crippen LogP contribution in [-0.4, -0.2) is 35.1 Å².